The second-order valence-electron chi connectivity index (χ2n) is 5.81. The summed E-state index contributed by atoms with van der Waals surface area (Å²) >= 11 is 0. The van der Waals surface area contributed by atoms with E-state index in [2.05, 4.69) is 5.32 Å². The van der Waals surface area contributed by atoms with Gasteiger partial charge in [-0.2, -0.15) is 0 Å². The van der Waals surface area contributed by atoms with Crippen LogP contribution >= 0.6 is 0 Å². The van der Waals surface area contributed by atoms with Gasteiger partial charge >= 0.3 is 0 Å². The summed E-state index contributed by atoms with van der Waals surface area (Å²) in [7, 11) is 0. The van der Waals surface area contributed by atoms with Gasteiger partial charge in [-0.05, 0) is 55.0 Å². The SMILES string of the molecule is O=C(CNC(=O)c1ccc(N2CCCC2=O)cc1)c1ccc(F)cc1. The number of anilines is 1. The summed E-state index contributed by atoms with van der Waals surface area (Å²) in [5.74, 6) is -1.01. The van der Waals surface area contributed by atoms with Crippen LogP contribution in [-0.2, 0) is 4.79 Å². The van der Waals surface area contributed by atoms with Gasteiger partial charge in [0.15, 0.2) is 5.78 Å². The van der Waals surface area contributed by atoms with E-state index in [9.17, 15) is 18.8 Å². The molecule has 2 aromatic carbocycles. The molecule has 5 nitrogen and oxygen atoms in total. The highest BCUT2D eigenvalue weighted by Crippen LogP contribution is 2.21. The van der Waals surface area contributed by atoms with E-state index in [0.717, 1.165) is 12.1 Å². The lowest BCUT2D eigenvalue weighted by Gasteiger charge is -2.15. The van der Waals surface area contributed by atoms with Gasteiger partial charge in [-0.25, -0.2) is 4.39 Å². The number of hydrogen-bond donors (Lipinski definition) is 1. The summed E-state index contributed by atoms with van der Waals surface area (Å²) in [5, 5.41) is 2.55. The molecule has 128 valence electrons. The minimum absolute atomic E-state index is 0.0853. The van der Waals surface area contributed by atoms with E-state index in [1.165, 1.54) is 24.3 Å². The van der Waals surface area contributed by atoms with Crippen molar-refractivity contribution in [2.24, 2.45) is 0 Å². The predicted molar refractivity (Wildman–Crippen MR) is 91.1 cm³/mol. The molecule has 2 aromatic rings. The molecule has 1 fully saturated rings. The number of nitrogens with zero attached hydrogens (tertiary/aromatic N) is 1. The molecule has 0 aromatic heterocycles. The highest BCUT2D eigenvalue weighted by atomic mass is 19.1. The lowest BCUT2D eigenvalue weighted by atomic mass is 10.1. The molecule has 0 saturated carbocycles. The number of ketones is 1. The van der Waals surface area contributed by atoms with Crippen LogP contribution in [0.2, 0.25) is 0 Å². The lowest BCUT2D eigenvalue weighted by molar-refractivity contribution is -0.117. The first kappa shape index (κ1) is 16.8. The van der Waals surface area contributed by atoms with Crippen LogP contribution in [0, 0.1) is 5.82 Å². The fourth-order valence-electron chi connectivity index (χ4n) is 2.71. The van der Waals surface area contributed by atoms with E-state index < -0.39 is 5.82 Å². The first-order valence-corrected chi connectivity index (χ1v) is 8.02. The normalized spacial score (nSPS) is 13.8. The zero-order chi connectivity index (χ0) is 17.8. The van der Waals surface area contributed by atoms with Gasteiger partial charge in [0.2, 0.25) is 5.91 Å². The molecule has 1 aliphatic heterocycles. The van der Waals surface area contributed by atoms with Gasteiger partial charge < -0.3 is 10.2 Å². The highest BCUT2D eigenvalue weighted by molar-refractivity contribution is 6.02. The molecule has 25 heavy (non-hydrogen) atoms. The Bertz CT molecular complexity index is 800. The summed E-state index contributed by atoms with van der Waals surface area (Å²) in [5.41, 5.74) is 1.51. The molecule has 1 aliphatic rings. The van der Waals surface area contributed by atoms with Crippen molar-refractivity contribution in [1.29, 1.82) is 0 Å². The third-order valence-corrected chi connectivity index (χ3v) is 4.09. The van der Waals surface area contributed by atoms with Gasteiger partial charge in [0.25, 0.3) is 5.91 Å². The zero-order valence-corrected chi connectivity index (χ0v) is 13.5. The fourth-order valence-corrected chi connectivity index (χ4v) is 2.71. The lowest BCUT2D eigenvalue weighted by Crippen LogP contribution is -2.29. The van der Waals surface area contributed by atoms with Crippen LogP contribution in [-0.4, -0.2) is 30.7 Å². The van der Waals surface area contributed by atoms with Crippen molar-refractivity contribution in [3.05, 3.63) is 65.5 Å². The Kier molecular flexibility index (Phi) is 4.88. The molecule has 1 N–H and O–H groups in total. The van der Waals surface area contributed by atoms with Crippen LogP contribution in [0.4, 0.5) is 10.1 Å². The molecule has 0 aliphatic carbocycles. The maximum absolute atomic E-state index is 12.8. The summed E-state index contributed by atoms with van der Waals surface area (Å²) in [6.45, 7) is 0.521. The number of carbonyl (C=O) groups is 3. The van der Waals surface area contributed by atoms with E-state index >= 15 is 0 Å². The number of carbonyl (C=O) groups excluding carboxylic acids is 3. The Morgan fingerprint density at radius 3 is 2.24 bits per heavy atom. The molecule has 1 heterocycles. The number of Topliss-reactive ketones (excluding diaryl/α,β-unsaturated/α-hetero) is 1. The van der Waals surface area contributed by atoms with E-state index in [-0.39, 0.29) is 24.1 Å². The van der Waals surface area contributed by atoms with Gasteiger partial charge in [0.05, 0.1) is 6.54 Å². The molecule has 6 heteroatoms. The predicted octanol–water partition coefficient (Wildman–Crippen LogP) is 2.57. The molecule has 0 spiro atoms. The van der Waals surface area contributed by atoms with Crippen LogP contribution in [0.5, 0.6) is 0 Å². The van der Waals surface area contributed by atoms with Crippen molar-refractivity contribution in [1.82, 2.24) is 5.32 Å². The monoisotopic (exact) mass is 340 g/mol. The van der Waals surface area contributed by atoms with Gasteiger partial charge in [-0.15, -0.1) is 0 Å². The Hall–Kier alpha value is -3.02. The van der Waals surface area contributed by atoms with Gasteiger partial charge in [0, 0.05) is 29.8 Å². The third-order valence-electron chi connectivity index (χ3n) is 4.09. The Balaban J connectivity index is 1.58. The molecule has 0 atom stereocenters. The summed E-state index contributed by atoms with van der Waals surface area (Å²) in [4.78, 5) is 37.5. The highest BCUT2D eigenvalue weighted by Gasteiger charge is 2.21. The average Bonchev–Trinajstić information content (AvgIpc) is 3.06. The van der Waals surface area contributed by atoms with E-state index in [0.29, 0.717) is 24.1 Å². The number of benzene rings is 2. The van der Waals surface area contributed by atoms with Crippen LogP contribution in [0.15, 0.2) is 48.5 Å². The van der Waals surface area contributed by atoms with Crippen molar-refractivity contribution in [2.45, 2.75) is 12.8 Å². The summed E-state index contributed by atoms with van der Waals surface area (Å²) in [6, 6.07) is 11.9. The third kappa shape index (κ3) is 3.91. The zero-order valence-electron chi connectivity index (χ0n) is 13.5. The topological polar surface area (TPSA) is 66.5 Å². The number of hydrogen-bond acceptors (Lipinski definition) is 3. The standard InChI is InChI=1S/C19H17FN2O3/c20-15-7-3-13(4-8-15)17(23)12-21-19(25)14-5-9-16(10-6-14)22-11-1-2-18(22)24/h3-10H,1-2,11-12H2,(H,21,25). The van der Waals surface area contributed by atoms with Crippen molar-refractivity contribution in [2.75, 3.05) is 18.0 Å². The molecule has 2 amide bonds. The Morgan fingerprint density at radius 1 is 1.00 bits per heavy atom. The van der Waals surface area contributed by atoms with Crippen LogP contribution in [0.3, 0.4) is 0 Å². The molecule has 1 saturated heterocycles. The summed E-state index contributed by atoms with van der Waals surface area (Å²) in [6.07, 6.45) is 1.39. The Morgan fingerprint density at radius 2 is 1.64 bits per heavy atom. The molecular formula is C19H17FN2O3. The quantitative estimate of drug-likeness (QED) is 0.851. The number of rotatable bonds is 5. The number of halogens is 1. The molecule has 0 unspecified atom stereocenters. The summed E-state index contributed by atoms with van der Waals surface area (Å²) < 4.78 is 12.8. The van der Waals surface area contributed by atoms with Gasteiger partial charge in [-0.1, -0.05) is 0 Å². The minimum atomic E-state index is -0.419. The van der Waals surface area contributed by atoms with Crippen LogP contribution in [0.1, 0.15) is 33.6 Å². The van der Waals surface area contributed by atoms with E-state index in [4.69, 9.17) is 0 Å². The first-order valence-electron chi connectivity index (χ1n) is 8.02. The van der Waals surface area contributed by atoms with Crippen molar-refractivity contribution in [3.63, 3.8) is 0 Å². The fraction of sp³-hybridized carbons (Fsp3) is 0.211. The van der Waals surface area contributed by atoms with Crippen molar-refractivity contribution >= 4 is 23.3 Å². The van der Waals surface area contributed by atoms with Crippen molar-refractivity contribution < 1.29 is 18.8 Å². The smallest absolute Gasteiger partial charge is 0.251 e. The second-order valence-corrected chi connectivity index (χ2v) is 5.81. The maximum atomic E-state index is 12.8. The average molecular weight is 340 g/mol. The van der Waals surface area contributed by atoms with E-state index in [1.54, 1.807) is 29.2 Å². The van der Waals surface area contributed by atoms with Crippen molar-refractivity contribution in [3.8, 4) is 0 Å². The number of amides is 2. The maximum Gasteiger partial charge on any atom is 0.251 e. The molecule has 0 bridgehead atoms. The van der Waals surface area contributed by atoms with Crippen LogP contribution < -0.4 is 10.2 Å². The largest absolute Gasteiger partial charge is 0.345 e. The second kappa shape index (κ2) is 7.25. The van der Waals surface area contributed by atoms with Gasteiger partial charge in [-0.3, -0.25) is 14.4 Å². The Labute approximate surface area is 144 Å². The molecule has 0 radical (unpaired) electrons. The van der Waals surface area contributed by atoms with E-state index in [1.807, 2.05) is 0 Å². The molecule has 3 rings (SSSR count). The minimum Gasteiger partial charge on any atom is -0.345 e. The molecular weight excluding hydrogens is 323 g/mol. The van der Waals surface area contributed by atoms with Gasteiger partial charge in [0.1, 0.15) is 5.82 Å². The number of nitrogens with one attached hydrogen (secondary N) is 1. The first-order chi connectivity index (χ1) is 12.0. The van der Waals surface area contributed by atoms with Crippen LogP contribution in [0.25, 0.3) is 0 Å².